The maximum absolute atomic E-state index is 12.6. The first-order valence-corrected chi connectivity index (χ1v) is 10.4. The first-order valence-electron chi connectivity index (χ1n) is 10.4. The lowest BCUT2D eigenvalue weighted by atomic mass is 9.93. The van der Waals surface area contributed by atoms with Crippen LogP contribution in [-0.2, 0) is 5.54 Å². The van der Waals surface area contributed by atoms with Gasteiger partial charge in [-0.2, -0.15) is 4.68 Å². The number of para-hydroxylation sites is 1. The first kappa shape index (κ1) is 20.3. The summed E-state index contributed by atoms with van der Waals surface area (Å²) in [4.78, 5) is 16.8. The largest absolute Gasteiger partial charge is 0.459 e. The highest BCUT2D eigenvalue weighted by Gasteiger charge is 2.40. The Kier molecular flexibility index (Phi) is 5.42. The highest BCUT2D eigenvalue weighted by molar-refractivity contribution is 5.91. The minimum atomic E-state index is -0.349. The average molecular weight is 409 g/mol. The Labute approximate surface area is 176 Å². The molecule has 0 unspecified atom stereocenters. The average Bonchev–Trinajstić information content (AvgIpc) is 3.45. The monoisotopic (exact) mass is 408 g/mol. The molecule has 1 aromatic carbocycles. The van der Waals surface area contributed by atoms with E-state index in [1.165, 1.54) is 6.26 Å². The maximum atomic E-state index is 12.6. The van der Waals surface area contributed by atoms with Gasteiger partial charge in [0.25, 0.3) is 5.91 Å². The zero-order chi connectivity index (χ0) is 21.3. The number of carbonyl (C=O) groups is 1. The molecular weight excluding hydrogens is 380 g/mol. The lowest BCUT2D eigenvalue weighted by Crippen LogP contribution is -2.56. The zero-order valence-corrected chi connectivity index (χ0v) is 18.0. The molecule has 2 aromatic heterocycles. The molecule has 1 fully saturated rings. The lowest BCUT2D eigenvalue weighted by Gasteiger charge is -2.44. The molecule has 1 aliphatic rings. The van der Waals surface area contributed by atoms with Crippen LogP contribution < -0.4 is 0 Å². The number of carbonyl (C=O) groups excluding carboxylic acids is 1. The quantitative estimate of drug-likeness (QED) is 0.646. The summed E-state index contributed by atoms with van der Waals surface area (Å²) in [6.45, 7) is 11.3. The van der Waals surface area contributed by atoms with Gasteiger partial charge in [-0.15, -0.1) is 5.10 Å². The summed E-state index contributed by atoms with van der Waals surface area (Å²) >= 11 is 0. The number of furan rings is 1. The van der Waals surface area contributed by atoms with Crippen LogP contribution in [0.5, 0.6) is 0 Å². The van der Waals surface area contributed by atoms with Gasteiger partial charge in [0, 0.05) is 26.2 Å². The lowest BCUT2D eigenvalue weighted by molar-refractivity contribution is 0.0251. The fourth-order valence-electron chi connectivity index (χ4n) is 4.30. The van der Waals surface area contributed by atoms with Crippen molar-refractivity contribution >= 4 is 5.91 Å². The van der Waals surface area contributed by atoms with E-state index in [0.29, 0.717) is 18.8 Å². The molecule has 4 rings (SSSR count). The second kappa shape index (κ2) is 8.02. The fourth-order valence-corrected chi connectivity index (χ4v) is 4.30. The van der Waals surface area contributed by atoms with Crippen molar-refractivity contribution in [1.82, 2.24) is 30.0 Å². The fraction of sp³-hybridized carbons (Fsp3) is 0.455. The Morgan fingerprint density at radius 1 is 1.10 bits per heavy atom. The third-order valence-corrected chi connectivity index (χ3v) is 6.29. The second-order valence-corrected chi connectivity index (χ2v) is 8.04. The van der Waals surface area contributed by atoms with E-state index in [0.717, 1.165) is 42.1 Å². The predicted octanol–water partition coefficient (Wildman–Crippen LogP) is 2.96. The summed E-state index contributed by atoms with van der Waals surface area (Å²) in [5.74, 6) is 1.16. The van der Waals surface area contributed by atoms with Crippen molar-refractivity contribution in [1.29, 1.82) is 0 Å². The Bertz CT molecular complexity index is 1000. The van der Waals surface area contributed by atoms with Gasteiger partial charge in [-0.1, -0.05) is 25.1 Å². The highest BCUT2D eigenvalue weighted by Crippen LogP contribution is 2.33. The SMILES string of the molecule is CC[C@@](C)(c1nnnn1-c1c(C)cccc1C)N1CCN(C(=O)c2ccco2)CC1. The maximum Gasteiger partial charge on any atom is 0.289 e. The number of rotatable bonds is 5. The van der Waals surface area contributed by atoms with Gasteiger partial charge in [0.1, 0.15) is 0 Å². The van der Waals surface area contributed by atoms with Gasteiger partial charge in [0.15, 0.2) is 11.6 Å². The van der Waals surface area contributed by atoms with Crippen LogP contribution >= 0.6 is 0 Å². The Morgan fingerprint density at radius 2 is 1.80 bits per heavy atom. The zero-order valence-electron chi connectivity index (χ0n) is 18.0. The van der Waals surface area contributed by atoms with Crippen molar-refractivity contribution in [2.75, 3.05) is 26.2 Å². The molecule has 1 aliphatic heterocycles. The number of piperazine rings is 1. The molecule has 1 amide bonds. The molecule has 0 bridgehead atoms. The number of hydrogen-bond acceptors (Lipinski definition) is 6. The minimum Gasteiger partial charge on any atom is -0.459 e. The van der Waals surface area contributed by atoms with Crippen LogP contribution in [-0.4, -0.2) is 62.1 Å². The van der Waals surface area contributed by atoms with Crippen molar-refractivity contribution in [3.05, 3.63) is 59.3 Å². The standard InChI is InChI=1S/C22H28N6O2/c1-5-22(4,21-23-24-25-28(21)19-16(2)8-6-9-17(19)3)27-13-11-26(12-14-27)20(29)18-10-7-15-30-18/h6-10,15H,5,11-14H2,1-4H3/t22-/m0/s1. The number of benzene rings is 1. The summed E-state index contributed by atoms with van der Waals surface area (Å²) in [6.07, 6.45) is 2.38. The molecule has 158 valence electrons. The Balaban J connectivity index is 1.59. The van der Waals surface area contributed by atoms with Gasteiger partial charge >= 0.3 is 0 Å². The molecule has 30 heavy (non-hydrogen) atoms. The van der Waals surface area contributed by atoms with E-state index in [1.54, 1.807) is 12.1 Å². The van der Waals surface area contributed by atoms with E-state index in [-0.39, 0.29) is 11.4 Å². The molecule has 1 saturated heterocycles. The van der Waals surface area contributed by atoms with Gasteiger partial charge in [-0.3, -0.25) is 9.69 Å². The third-order valence-electron chi connectivity index (χ3n) is 6.29. The van der Waals surface area contributed by atoms with Crippen molar-refractivity contribution in [3.63, 3.8) is 0 Å². The molecule has 0 N–H and O–H groups in total. The Morgan fingerprint density at radius 3 is 2.40 bits per heavy atom. The van der Waals surface area contributed by atoms with Crippen LogP contribution in [0.1, 0.15) is 47.8 Å². The smallest absolute Gasteiger partial charge is 0.289 e. The summed E-state index contributed by atoms with van der Waals surface area (Å²) in [5.41, 5.74) is 2.95. The van der Waals surface area contributed by atoms with E-state index in [1.807, 2.05) is 15.6 Å². The van der Waals surface area contributed by atoms with Crippen LogP contribution in [0.25, 0.3) is 5.69 Å². The van der Waals surface area contributed by atoms with E-state index in [9.17, 15) is 4.79 Å². The molecule has 0 aliphatic carbocycles. The number of nitrogens with zero attached hydrogens (tertiary/aromatic N) is 6. The van der Waals surface area contributed by atoms with Crippen molar-refractivity contribution in [3.8, 4) is 5.69 Å². The van der Waals surface area contributed by atoms with Crippen molar-refractivity contribution in [2.45, 2.75) is 39.7 Å². The molecule has 8 nitrogen and oxygen atoms in total. The van der Waals surface area contributed by atoms with Crippen LogP contribution in [0.4, 0.5) is 0 Å². The summed E-state index contributed by atoms with van der Waals surface area (Å²) in [5, 5.41) is 12.8. The summed E-state index contributed by atoms with van der Waals surface area (Å²) in [7, 11) is 0. The van der Waals surface area contributed by atoms with E-state index >= 15 is 0 Å². The molecule has 3 heterocycles. The van der Waals surface area contributed by atoms with E-state index in [2.05, 4.69) is 60.3 Å². The Hall–Kier alpha value is -3.00. The summed E-state index contributed by atoms with van der Waals surface area (Å²) in [6, 6.07) is 9.66. The van der Waals surface area contributed by atoms with Crippen LogP contribution in [0.3, 0.4) is 0 Å². The number of tetrazole rings is 1. The molecule has 3 aromatic rings. The molecule has 0 spiro atoms. The van der Waals surface area contributed by atoms with Gasteiger partial charge in [-0.05, 0) is 60.9 Å². The van der Waals surface area contributed by atoms with Crippen molar-refractivity contribution < 1.29 is 9.21 Å². The van der Waals surface area contributed by atoms with Gasteiger partial charge < -0.3 is 9.32 Å². The molecule has 0 saturated carbocycles. The van der Waals surface area contributed by atoms with Crippen molar-refractivity contribution in [2.24, 2.45) is 0 Å². The highest BCUT2D eigenvalue weighted by atomic mass is 16.3. The predicted molar refractivity (Wildman–Crippen MR) is 112 cm³/mol. The number of amides is 1. The van der Waals surface area contributed by atoms with E-state index < -0.39 is 0 Å². The number of aromatic nitrogens is 4. The second-order valence-electron chi connectivity index (χ2n) is 8.04. The molecular formula is C22H28N6O2. The van der Waals surface area contributed by atoms with Gasteiger partial charge in [0.2, 0.25) is 0 Å². The van der Waals surface area contributed by atoms with Crippen LogP contribution in [0.15, 0.2) is 41.0 Å². The number of aryl methyl sites for hydroxylation is 2. The normalized spacial score (nSPS) is 17.1. The molecule has 0 radical (unpaired) electrons. The van der Waals surface area contributed by atoms with Gasteiger partial charge in [-0.25, -0.2) is 0 Å². The topological polar surface area (TPSA) is 80.3 Å². The number of hydrogen-bond donors (Lipinski definition) is 0. The van der Waals surface area contributed by atoms with Crippen LogP contribution in [0.2, 0.25) is 0 Å². The van der Waals surface area contributed by atoms with Crippen LogP contribution in [0, 0.1) is 13.8 Å². The first-order chi connectivity index (χ1) is 14.5. The summed E-state index contributed by atoms with van der Waals surface area (Å²) < 4.78 is 7.16. The molecule has 1 atom stereocenters. The third kappa shape index (κ3) is 3.41. The van der Waals surface area contributed by atoms with Gasteiger partial charge in [0.05, 0.1) is 17.5 Å². The molecule has 8 heteroatoms. The van der Waals surface area contributed by atoms with E-state index in [4.69, 9.17) is 4.42 Å². The minimum absolute atomic E-state index is 0.0572.